The molecule has 0 fully saturated rings. The maximum absolute atomic E-state index is 11.1. The topological polar surface area (TPSA) is 65.1 Å². The maximum Gasteiger partial charge on any atom is 0.276 e. The Morgan fingerprint density at radius 2 is 2.15 bits per heavy atom. The van der Waals surface area contributed by atoms with Gasteiger partial charge < -0.3 is 4.98 Å². The van der Waals surface area contributed by atoms with Gasteiger partial charge in [0.2, 0.25) is 0 Å². The third kappa shape index (κ3) is 1.17. The number of hydrogen-bond acceptors (Lipinski definition) is 2. The fourth-order valence-electron chi connectivity index (χ4n) is 1.32. The van der Waals surface area contributed by atoms with Crippen LogP contribution in [0.4, 0.5) is 0 Å². The number of para-hydroxylation sites is 1. The molecule has 13 heavy (non-hydrogen) atoms. The molecular weight excluding hydrogens is 168 g/mol. The second-order valence-corrected chi connectivity index (χ2v) is 2.69. The van der Waals surface area contributed by atoms with Crippen LogP contribution in [0.25, 0.3) is 10.9 Å². The first kappa shape index (κ1) is 7.82. The lowest BCUT2D eigenvalue weighted by Crippen LogP contribution is -2.17. The molecule has 0 bridgehead atoms. The molecule has 0 saturated carbocycles. The number of aromatic amines is 1. The Bertz CT molecular complexity index is 448. The fraction of sp³-hybridized carbons (Fsp3) is 0. The van der Waals surface area contributed by atoms with Crippen molar-refractivity contribution in [2.45, 2.75) is 0 Å². The lowest BCUT2D eigenvalue weighted by Gasteiger charge is -1.94. The highest BCUT2D eigenvalue weighted by Gasteiger charge is 2.09. The second kappa shape index (κ2) is 2.91. The average molecular weight is 176 g/mol. The Balaban J connectivity index is 2.64. The Labute approximate surface area is 74.1 Å². The van der Waals surface area contributed by atoms with Gasteiger partial charge in [-0.1, -0.05) is 18.2 Å². The number of hydroxylamine groups is 1. The summed E-state index contributed by atoms with van der Waals surface area (Å²) in [5.41, 5.74) is 2.92. The van der Waals surface area contributed by atoms with E-state index < -0.39 is 5.91 Å². The van der Waals surface area contributed by atoms with Crippen LogP contribution in [0, 0.1) is 0 Å². The van der Waals surface area contributed by atoms with Crippen LogP contribution in [0.3, 0.4) is 0 Å². The summed E-state index contributed by atoms with van der Waals surface area (Å²) in [6.07, 6.45) is 1.57. The lowest BCUT2D eigenvalue weighted by molar-refractivity contribution is 0.0708. The molecule has 0 unspecified atom stereocenters. The molecule has 4 heteroatoms. The first-order valence-corrected chi connectivity index (χ1v) is 3.83. The Kier molecular flexibility index (Phi) is 1.75. The van der Waals surface area contributed by atoms with Gasteiger partial charge in [0.15, 0.2) is 0 Å². The minimum absolute atomic E-state index is 0.443. The van der Waals surface area contributed by atoms with Crippen molar-refractivity contribution in [2.75, 3.05) is 0 Å². The van der Waals surface area contributed by atoms with Crippen molar-refractivity contribution in [2.24, 2.45) is 0 Å². The van der Waals surface area contributed by atoms with Crippen LogP contribution < -0.4 is 5.48 Å². The molecular formula is C9H8N2O2. The van der Waals surface area contributed by atoms with E-state index in [-0.39, 0.29) is 0 Å². The standard InChI is InChI=1S/C9H8N2O2/c12-9(11-13)7-5-10-8-4-2-1-3-6(7)8/h1-5,10,13H,(H,11,12). The van der Waals surface area contributed by atoms with Gasteiger partial charge in [-0.25, -0.2) is 5.48 Å². The van der Waals surface area contributed by atoms with Gasteiger partial charge in [-0.3, -0.25) is 10.0 Å². The van der Waals surface area contributed by atoms with Crippen LogP contribution in [-0.4, -0.2) is 16.1 Å². The van der Waals surface area contributed by atoms with Crippen molar-refractivity contribution in [3.8, 4) is 0 Å². The SMILES string of the molecule is O=C(NO)c1c[nH]c2ccccc12. The number of carbonyl (C=O) groups excluding carboxylic acids is 1. The molecule has 1 amide bonds. The van der Waals surface area contributed by atoms with E-state index in [2.05, 4.69) is 4.98 Å². The normalized spacial score (nSPS) is 10.2. The number of nitrogens with one attached hydrogen (secondary N) is 2. The molecule has 1 aromatic heterocycles. The second-order valence-electron chi connectivity index (χ2n) is 2.69. The van der Waals surface area contributed by atoms with Gasteiger partial charge in [-0.2, -0.15) is 0 Å². The van der Waals surface area contributed by atoms with E-state index in [1.165, 1.54) is 0 Å². The summed E-state index contributed by atoms with van der Waals surface area (Å²) in [5, 5.41) is 9.25. The quantitative estimate of drug-likeness (QED) is 0.452. The summed E-state index contributed by atoms with van der Waals surface area (Å²) >= 11 is 0. The zero-order chi connectivity index (χ0) is 9.26. The zero-order valence-electron chi connectivity index (χ0n) is 6.74. The fourth-order valence-corrected chi connectivity index (χ4v) is 1.32. The molecule has 3 N–H and O–H groups in total. The Hall–Kier alpha value is -1.81. The molecule has 0 aliphatic rings. The number of rotatable bonds is 1. The average Bonchev–Trinajstić information content (AvgIpc) is 2.60. The predicted octanol–water partition coefficient (Wildman–Crippen LogP) is 1.29. The molecule has 0 spiro atoms. The van der Waals surface area contributed by atoms with Crippen molar-refractivity contribution in [1.82, 2.24) is 10.5 Å². The highest BCUT2D eigenvalue weighted by molar-refractivity contribution is 6.06. The minimum Gasteiger partial charge on any atom is -0.360 e. The Morgan fingerprint density at radius 1 is 1.38 bits per heavy atom. The van der Waals surface area contributed by atoms with E-state index in [0.29, 0.717) is 5.56 Å². The lowest BCUT2D eigenvalue weighted by atomic mass is 10.2. The molecule has 0 aliphatic carbocycles. The van der Waals surface area contributed by atoms with Gasteiger partial charge in [0.05, 0.1) is 5.56 Å². The molecule has 66 valence electrons. The third-order valence-corrected chi connectivity index (χ3v) is 1.94. The predicted molar refractivity (Wildman–Crippen MR) is 47.6 cm³/mol. The maximum atomic E-state index is 11.1. The van der Waals surface area contributed by atoms with Gasteiger partial charge >= 0.3 is 0 Å². The molecule has 2 aromatic rings. The van der Waals surface area contributed by atoms with Gasteiger partial charge in [-0.05, 0) is 6.07 Å². The van der Waals surface area contributed by atoms with E-state index in [4.69, 9.17) is 5.21 Å². The number of benzene rings is 1. The van der Waals surface area contributed by atoms with E-state index in [1.54, 1.807) is 11.7 Å². The summed E-state index contributed by atoms with van der Waals surface area (Å²) in [5.74, 6) is -0.502. The van der Waals surface area contributed by atoms with Crippen LogP contribution >= 0.6 is 0 Å². The van der Waals surface area contributed by atoms with Gasteiger partial charge in [0, 0.05) is 17.1 Å². The highest BCUT2D eigenvalue weighted by atomic mass is 16.5. The van der Waals surface area contributed by atoms with Crippen molar-refractivity contribution >= 4 is 16.8 Å². The number of amides is 1. The summed E-state index contributed by atoms with van der Waals surface area (Å²) in [4.78, 5) is 14.0. The Morgan fingerprint density at radius 3 is 2.92 bits per heavy atom. The van der Waals surface area contributed by atoms with Gasteiger partial charge in [0.1, 0.15) is 0 Å². The van der Waals surface area contributed by atoms with Crippen molar-refractivity contribution in [1.29, 1.82) is 0 Å². The molecule has 0 aliphatic heterocycles. The molecule has 1 aromatic carbocycles. The first-order valence-electron chi connectivity index (χ1n) is 3.83. The van der Waals surface area contributed by atoms with Gasteiger partial charge in [0.25, 0.3) is 5.91 Å². The number of H-pyrrole nitrogens is 1. The third-order valence-electron chi connectivity index (χ3n) is 1.94. The minimum atomic E-state index is -0.502. The van der Waals surface area contributed by atoms with Crippen LogP contribution in [0.15, 0.2) is 30.5 Å². The largest absolute Gasteiger partial charge is 0.360 e. The molecule has 0 atom stereocenters. The summed E-state index contributed by atoms with van der Waals surface area (Å²) in [7, 11) is 0. The zero-order valence-corrected chi connectivity index (χ0v) is 6.74. The van der Waals surface area contributed by atoms with Gasteiger partial charge in [-0.15, -0.1) is 0 Å². The molecule has 0 radical (unpaired) electrons. The van der Waals surface area contributed by atoms with Crippen LogP contribution in [0.1, 0.15) is 10.4 Å². The summed E-state index contributed by atoms with van der Waals surface area (Å²) in [6.45, 7) is 0. The summed E-state index contributed by atoms with van der Waals surface area (Å²) < 4.78 is 0. The molecule has 1 heterocycles. The number of fused-ring (bicyclic) bond motifs is 1. The first-order chi connectivity index (χ1) is 6.33. The number of hydrogen-bond donors (Lipinski definition) is 3. The number of carbonyl (C=O) groups is 1. The van der Waals surface area contributed by atoms with Crippen molar-refractivity contribution in [3.05, 3.63) is 36.0 Å². The van der Waals surface area contributed by atoms with Crippen LogP contribution in [0.5, 0.6) is 0 Å². The van der Waals surface area contributed by atoms with E-state index in [1.807, 2.05) is 24.3 Å². The summed E-state index contributed by atoms with van der Waals surface area (Å²) in [6, 6.07) is 7.39. The van der Waals surface area contributed by atoms with E-state index in [0.717, 1.165) is 10.9 Å². The number of aromatic nitrogens is 1. The molecule has 2 rings (SSSR count). The molecule has 0 saturated heterocycles. The van der Waals surface area contributed by atoms with E-state index in [9.17, 15) is 4.79 Å². The van der Waals surface area contributed by atoms with Crippen molar-refractivity contribution in [3.63, 3.8) is 0 Å². The van der Waals surface area contributed by atoms with Crippen LogP contribution in [-0.2, 0) is 0 Å². The van der Waals surface area contributed by atoms with Crippen LogP contribution in [0.2, 0.25) is 0 Å². The monoisotopic (exact) mass is 176 g/mol. The van der Waals surface area contributed by atoms with Crippen molar-refractivity contribution < 1.29 is 10.0 Å². The smallest absolute Gasteiger partial charge is 0.276 e. The van der Waals surface area contributed by atoms with E-state index >= 15 is 0 Å². The molecule has 4 nitrogen and oxygen atoms in total. The highest BCUT2D eigenvalue weighted by Crippen LogP contribution is 2.16.